The summed E-state index contributed by atoms with van der Waals surface area (Å²) in [5.41, 5.74) is 2.16. The molecular weight excluding hydrogens is 492 g/mol. The van der Waals surface area contributed by atoms with Crippen molar-refractivity contribution in [2.24, 2.45) is 0 Å². The molecule has 184 valence electrons. The number of rotatable bonds is 5. The van der Waals surface area contributed by atoms with E-state index in [1.165, 1.54) is 48.1 Å². The fourth-order valence-electron chi connectivity index (χ4n) is 4.06. The van der Waals surface area contributed by atoms with Gasteiger partial charge in [-0.1, -0.05) is 23.7 Å². The van der Waals surface area contributed by atoms with Gasteiger partial charge in [-0.3, -0.25) is 9.52 Å². The third-order valence-electron chi connectivity index (χ3n) is 5.87. The average molecular weight is 523 g/mol. The Morgan fingerprint density at radius 3 is 2.38 bits per heavy atom. The summed E-state index contributed by atoms with van der Waals surface area (Å²) in [7, 11) is -3.64. The van der Waals surface area contributed by atoms with Gasteiger partial charge in [0.05, 0.1) is 4.90 Å². The van der Waals surface area contributed by atoms with Crippen molar-refractivity contribution in [2.75, 3.05) is 29.3 Å². The number of nitrogens with zero attached hydrogens (tertiary/aromatic N) is 2. The van der Waals surface area contributed by atoms with Crippen LogP contribution in [0.2, 0.25) is 5.02 Å². The van der Waals surface area contributed by atoms with Gasteiger partial charge < -0.3 is 10.2 Å². The number of halogens is 1. The number of anilines is 2. The van der Waals surface area contributed by atoms with Crippen molar-refractivity contribution in [3.8, 4) is 0 Å². The summed E-state index contributed by atoms with van der Waals surface area (Å²) < 4.78 is 26.8. The lowest BCUT2D eigenvalue weighted by molar-refractivity contribution is -0.117. The largest absolute Gasteiger partial charge is 0.317 e. The van der Waals surface area contributed by atoms with E-state index >= 15 is 0 Å². The van der Waals surface area contributed by atoms with Gasteiger partial charge in [0.2, 0.25) is 5.91 Å². The molecule has 7 nitrogen and oxygen atoms in total. The molecule has 1 aromatic heterocycles. The Morgan fingerprint density at radius 1 is 1.09 bits per heavy atom. The second-order valence-corrected chi connectivity index (χ2v) is 11.2. The number of carbonyl (C=O) groups is 1. The molecule has 34 heavy (non-hydrogen) atoms. The van der Waals surface area contributed by atoms with E-state index in [1.807, 2.05) is 12.1 Å². The van der Waals surface area contributed by atoms with Gasteiger partial charge in [0, 0.05) is 38.1 Å². The Balaban J connectivity index is 0.000000264. The highest BCUT2D eigenvalue weighted by atomic mass is 35.5. The third-order valence-corrected chi connectivity index (χ3v) is 8.29. The Hall–Kier alpha value is -2.46. The van der Waals surface area contributed by atoms with Crippen molar-refractivity contribution >= 4 is 49.7 Å². The van der Waals surface area contributed by atoms with Crippen LogP contribution in [0.4, 0.5) is 10.8 Å². The van der Waals surface area contributed by atoms with E-state index in [2.05, 4.69) is 27.2 Å². The first-order chi connectivity index (χ1) is 16.4. The number of benzene rings is 2. The van der Waals surface area contributed by atoms with Gasteiger partial charge in [-0.05, 0) is 80.2 Å². The monoisotopic (exact) mass is 522 g/mol. The molecule has 1 amide bonds. The second-order valence-electron chi connectivity index (χ2n) is 8.16. The molecular formula is C24H31ClN4O3S2. The summed E-state index contributed by atoms with van der Waals surface area (Å²) in [5.74, 6) is 0.810. The van der Waals surface area contributed by atoms with Crippen LogP contribution in [0.25, 0.3) is 0 Å². The fraction of sp³-hybridized carbons (Fsp3) is 0.333. The summed E-state index contributed by atoms with van der Waals surface area (Å²) in [6.07, 6.45) is 5.42. The summed E-state index contributed by atoms with van der Waals surface area (Å²) >= 11 is 7.05. The molecule has 0 saturated carbocycles. The van der Waals surface area contributed by atoms with Crippen LogP contribution in [0.1, 0.15) is 40.0 Å². The van der Waals surface area contributed by atoms with Gasteiger partial charge >= 0.3 is 0 Å². The van der Waals surface area contributed by atoms with E-state index in [0.717, 1.165) is 36.1 Å². The zero-order chi connectivity index (χ0) is 24.0. The number of piperidine rings is 1. The molecule has 0 bridgehead atoms. The summed E-state index contributed by atoms with van der Waals surface area (Å²) in [6.45, 7) is 2.98. The summed E-state index contributed by atoms with van der Waals surface area (Å²) in [5, 5.41) is 6.22. The molecule has 2 N–H and O–H groups in total. The van der Waals surface area contributed by atoms with Crippen LogP contribution in [0.15, 0.2) is 65.0 Å². The van der Waals surface area contributed by atoms with Crippen LogP contribution in [-0.2, 0) is 14.8 Å². The van der Waals surface area contributed by atoms with Gasteiger partial charge in [0.1, 0.15) is 0 Å². The second kappa shape index (κ2) is 11.3. The molecule has 10 heteroatoms. The molecule has 0 spiro atoms. The maximum atomic E-state index is 12.2. The Bertz CT molecular complexity index is 1190. The number of aromatic nitrogens is 1. The predicted molar refractivity (Wildman–Crippen MR) is 141 cm³/mol. The average Bonchev–Trinajstić information content (AvgIpc) is 3.52. The first-order valence-corrected chi connectivity index (χ1v) is 14.0. The number of nitrogens with one attached hydrogen (secondary N) is 2. The zero-order valence-electron chi connectivity index (χ0n) is 18.6. The molecule has 3 aromatic rings. The third kappa shape index (κ3) is 6.35. The normalized spacial score (nSPS) is 16.7. The maximum absolute atomic E-state index is 12.2. The molecule has 3 heterocycles. The van der Waals surface area contributed by atoms with Crippen molar-refractivity contribution in [3.63, 3.8) is 0 Å². The molecule has 0 aliphatic carbocycles. The van der Waals surface area contributed by atoms with E-state index in [4.69, 9.17) is 11.6 Å². The molecule has 2 aliphatic rings. The van der Waals surface area contributed by atoms with E-state index in [-0.39, 0.29) is 13.7 Å². The van der Waals surface area contributed by atoms with Crippen molar-refractivity contribution < 1.29 is 16.1 Å². The summed E-state index contributed by atoms with van der Waals surface area (Å²) in [6, 6.07) is 14.6. The molecule has 2 aromatic carbocycles. The number of sulfonamides is 1. The van der Waals surface area contributed by atoms with Crippen LogP contribution in [0, 0.1) is 0 Å². The lowest BCUT2D eigenvalue weighted by atomic mass is 9.90. The van der Waals surface area contributed by atoms with Crippen LogP contribution >= 0.6 is 22.9 Å². The first-order valence-electron chi connectivity index (χ1n) is 11.2. The molecule has 5 rings (SSSR count). The van der Waals surface area contributed by atoms with Crippen LogP contribution in [0.5, 0.6) is 0 Å². The van der Waals surface area contributed by atoms with E-state index in [1.54, 1.807) is 22.4 Å². The Labute approximate surface area is 212 Å². The molecule has 0 radical (unpaired) electrons. The number of hydrogen-bond acceptors (Lipinski definition) is 6. The van der Waals surface area contributed by atoms with Crippen LogP contribution in [-0.4, -0.2) is 38.9 Å². The molecule has 2 saturated heterocycles. The lowest BCUT2D eigenvalue weighted by Gasteiger charge is -2.22. The quantitative estimate of drug-likeness (QED) is 0.470. The van der Waals surface area contributed by atoms with Crippen molar-refractivity contribution in [1.29, 1.82) is 0 Å². The SMILES string of the molecule is Clc1ccc(C2CCNCC2)cc1.O=C1CCCN1c1ccc(S(=O)(=O)Nc2nccs2)cc1.[HH].[HH]. The van der Waals surface area contributed by atoms with Crippen LogP contribution in [0.3, 0.4) is 0 Å². The minimum Gasteiger partial charge on any atom is -0.317 e. The van der Waals surface area contributed by atoms with Gasteiger partial charge in [-0.15, -0.1) is 11.3 Å². The van der Waals surface area contributed by atoms with E-state index in [0.29, 0.717) is 18.1 Å². The van der Waals surface area contributed by atoms with Gasteiger partial charge in [-0.25, -0.2) is 13.4 Å². The van der Waals surface area contributed by atoms with Crippen molar-refractivity contribution in [3.05, 3.63) is 70.7 Å². The number of carbonyl (C=O) groups excluding carboxylic acids is 1. The molecule has 2 fully saturated rings. The summed E-state index contributed by atoms with van der Waals surface area (Å²) in [4.78, 5) is 17.4. The standard InChI is InChI=1S/C13H13N3O3S2.C11H14ClN.2H2/c17-12-2-1-8-16(12)10-3-5-11(6-4-10)21(18,19)15-13-14-7-9-20-13;12-11-3-1-9(2-4-11)10-5-7-13-8-6-10;;/h3-7,9H,1-2,8H2,(H,14,15);1-4,10,13H,5-8H2;2*1H. The minimum absolute atomic E-state index is 0. The Kier molecular flexibility index (Phi) is 8.20. The number of hydrogen-bond donors (Lipinski definition) is 2. The Morgan fingerprint density at radius 2 is 1.79 bits per heavy atom. The topological polar surface area (TPSA) is 91.4 Å². The lowest BCUT2D eigenvalue weighted by Crippen LogP contribution is -2.26. The number of thiazole rings is 1. The first kappa shape index (κ1) is 24.7. The molecule has 2 aliphatic heterocycles. The van der Waals surface area contributed by atoms with E-state index in [9.17, 15) is 13.2 Å². The van der Waals surface area contributed by atoms with Crippen LogP contribution < -0.4 is 14.9 Å². The van der Waals surface area contributed by atoms with Gasteiger partial charge in [-0.2, -0.15) is 0 Å². The zero-order valence-corrected chi connectivity index (χ0v) is 21.0. The van der Waals surface area contributed by atoms with Gasteiger partial charge in [0.25, 0.3) is 10.0 Å². The van der Waals surface area contributed by atoms with E-state index < -0.39 is 10.0 Å². The van der Waals surface area contributed by atoms with Crippen molar-refractivity contribution in [2.45, 2.75) is 36.5 Å². The van der Waals surface area contributed by atoms with Crippen molar-refractivity contribution in [1.82, 2.24) is 10.3 Å². The highest BCUT2D eigenvalue weighted by Crippen LogP contribution is 2.26. The highest BCUT2D eigenvalue weighted by Gasteiger charge is 2.22. The maximum Gasteiger partial charge on any atom is 0.263 e. The smallest absolute Gasteiger partial charge is 0.263 e. The highest BCUT2D eigenvalue weighted by molar-refractivity contribution is 7.93. The number of amides is 1. The molecule has 0 atom stereocenters. The van der Waals surface area contributed by atoms with Gasteiger partial charge in [0.15, 0.2) is 5.13 Å². The molecule has 0 unspecified atom stereocenters. The minimum atomic E-state index is -3.64. The fourth-order valence-corrected chi connectivity index (χ4v) is 5.98. The predicted octanol–water partition coefficient (Wildman–Crippen LogP) is 5.37.